The largest absolute Gasteiger partial charge is 0.508 e. The summed E-state index contributed by atoms with van der Waals surface area (Å²) in [7, 11) is 0. The number of imide groups is 2. The maximum atomic E-state index is 17.2. The van der Waals surface area contributed by atoms with Gasteiger partial charge in [0.05, 0.1) is 27.6 Å². The molecule has 5 amide bonds. The van der Waals surface area contributed by atoms with Crippen LogP contribution in [0.1, 0.15) is 96.9 Å². The van der Waals surface area contributed by atoms with Crippen molar-refractivity contribution in [2.75, 3.05) is 56.2 Å². The monoisotopic (exact) mass is 1020 g/mol. The van der Waals surface area contributed by atoms with Crippen LogP contribution in [0.5, 0.6) is 11.8 Å². The number of ether oxygens (including phenoxy) is 2. The number of carbonyl (C=O) groups excluding carboxylic acids is 5. The van der Waals surface area contributed by atoms with Gasteiger partial charge in [-0.1, -0.05) is 37.0 Å². The number of rotatable bonds is 16. The number of hydrogen-bond donors (Lipinski definition) is 5. The maximum absolute atomic E-state index is 17.2. The van der Waals surface area contributed by atoms with Gasteiger partial charge in [0.15, 0.2) is 5.82 Å². The van der Waals surface area contributed by atoms with Crippen LogP contribution in [0.4, 0.5) is 25.1 Å². The molecular weight excluding hydrogens is 967 g/mol. The van der Waals surface area contributed by atoms with Crippen LogP contribution in [-0.2, 0) is 14.3 Å². The van der Waals surface area contributed by atoms with E-state index in [0.29, 0.717) is 61.4 Å². The number of hydrogen-bond acceptors (Lipinski definition) is 15. The number of alkyl carbamates (subject to hydrolysis) is 1. The minimum Gasteiger partial charge on any atom is -0.508 e. The van der Waals surface area contributed by atoms with Crippen molar-refractivity contribution in [1.29, 1.82) is 0 Å². The first-order chi connectivity index (χ1) is 36.3. The molecule has 18 nitrogen and oxygen atoms in total. The van der Waals surface area contributed by atoms with Crippen molar-refractivity contribution in [3.8, 4) is 35.4 Å². The van der Waals surface area contributed by atoms with E-state index in [9.17, 15) is 29.1 Å². The molecule has 2 bridgehead atoms. The molecule has 388 valence electrons. The number of pyridine rings is 1. The van der Waals surface area contributed by atoms with Crippen LogP contribution in [-0.4, -0.2) is 135 Å². The first kappa shape index (κ1) is 49.5. The Labute approximate surface area is 430 Å². The first-order valence-corrected chi connectivity index (χ1v) is 25.6. The van der Waals surface area contributed by atoms with Crippen LogP contribution < -0.4 is 30.9 Å². The molecule has 0 aliphatic carbocycles. The molecule has 6 aliphatic heterocycles. The lowest BCUT2D eigenvalue weighted by molar-refractivity contribution is -0.136. The van der Waals surface area contributed by atoms with Gasteiger partial charge in [-0.3, -0.25) is 39.3 Å². The van der Waals surface area contributed by atoms with Gasteiger partial charge in [0.2, 0.25) is 11.8 Å². The zero-order valence-corrected chi connectivity index (χ0v) is 41.2. The Bertz CT molecular complexity index is 3250. The molecule has 5 atom stereocenters. The summed E-state index contributed by atoms with van der Waals surface area (Å²) in [5, 5.41) is 23.7. The highest BCUT2D eigenvalue weighted by molar-refractivity contribution is 6.23. The highest BCUT2D eigenvalue weighted by Gasteiger charge is 2.52. The number of benzene rings is 3. The SMILES string of the molecule is C#Cc1c(F)ccc2cc(O)cc(-c3ncc4c(N5CC6CCC(C5)N6)nc(OC[C@@]56CC[C@@H](COC(=O)NCCCCCCNc7ccc8c(c7)C(=O)N(C7CCC(=O)NC7=O)C8=O)N5CC(=C)C6)nc4c3F)c12. The Morgan fingerprint density at radius 1 is 0.947 bits per heavy atom. The van der Waals surface area contributed by atoms with E-state index < -0.39 is 52.9 Å². The van der Waals surface area contributed by atoms with Crippen molar-refractivity contribution in [2.45, 2.75) is 100 Å². The van der Waals surface area contributed by atoms with E-state index in [1.54, 1.807) is 18.2 Å². The van der Waals surface area contributed by atoms with Crippen molar-refractivity contribution in [3.05, 3.63) is 89.1 Å². The summed E-state index contributed by atoms with van der Waals surface area (Å²) in [6, 6.07) is 9.71. The van der Waals surface area contributed by atoms with Gasteiger partial charge in [0.25, 0.3) is 11.8 Å². The van der Waals surface area contributed by atoms with Crippen molar-refractivity contribution < 1.29 is 47.3 Å². The lowest BCUT2D eigenvalue weighted by Crippen LogP contribution is -2.54. The van der Waals surface area contributed by atoms with Crippen LogP contribution in [0.2, 0.25) is 0 Å². The number of nitrogens with one attached hydrogen (secondary N) is 4. The van der Waals surface area contributed by atoms with E-state index >= 15 is 8.78 Å². The molecule has 0 spiro atoms. The number of terminal acetylenes is 1. The number of aromatic hydroxyl groups is 1. The fourth-order valence-corrected chi connectivity index (χ4v) is 12.0. The number of piperazine rings is 1. The minimum absolute atomic E-state index is 0.0187. The Morgan fingerprint density at radius 3 is 2.52 bits per heavy atom. The molecule has 11 rings (SSSR count). The lowest BCUT2D eigenvalue weighted by atomic mass is 9.94. The van der Waals surface area contributed by atoms with Gasteiger partial charge in [0.1, 0.15) is 47.9 Å². The molecule has 5 N–H and O–H groups in total. The Balaban J connectivity index is 0.689. The molecule has 3 aromatic carbocycles. The summed E-state index contributed by atoms with van der Waals surface area (Å²) in [6.07, 6.45) is 14.3. The molecule has 6 aliphatic rings. The number of amides is 5. The Kier molecular flexibility index (Phi) is 13.3. The van der Waals surface area contributed by atoms with Gasteiger partial charge in [0, 0.05) is 80.1 Å². The summed E-state index contributed by atoms with van der Waals surface area (Å²) in [6.45, 7) is 7.59. The standard InChI is InChI=1S/C55H56F2N10O8/c1-3-37-42(56)13-8-31-20-36(68)22-40(45(31)37)47-46(57)48-41(24-60-47)49(65-26-33-9-10-34(27-65)61-33)64-53(63-48)75-29-55-17-16-35(66(55)25-30(2)23-55)28-74-54(73)59-19-7-5-4-6-18-58-32-11-12-38-39(21-32)52(72)67(51(38)71)43-14-15-44(69)62-50(43)70/h1,8,11-13,20-22,24,33-35,43,58,61,68H,2,4-7,9-10,14-19,23,25-29H2,(H,59,73)(H,62,69,70)/t33?,34?,35-,43?,55-/m0/s1. The number of nitrogens with zero attached hydrogens (tertiary/aromatic N) is 6. The highest BCUT2D eigenvalue weighted by Crippen LogP contribution is 2.45. The molecule has 3 unspecified atom stereocenters. The van der Waals surface area contributed by atoms with Crippen molar-refractivity contribution in [2.24, 2.45) is 0 Å². The Hall–Kier alpha value is -7.76. The topological polar surface area (TPSA) is 221 Å². The highest BCUT2D eigenvalue weighted by atomic mass is 19.1. The molecule has 5 aromatic rings. The van der Waals surface area contributed by atoms with Gasteiger partial charge >= 0.3 is 12.1 Å². The zero-order valence-electron chi connectivity index (χ0n) is 41.2. The number of unbranched alkanes of at least 4 members (excludes halogenated alkanes) is 3. The lowest BCUT2D eigenvalue weighted by Gasteiger charge is -2.35. The quantitative estimate of drug-likeness (QED) is 0.0327. The summed E-state index contributed by atoms with van der Waals surface area (Å²) >= 11 is 0. The minimum atomic E-state index is -1.02. The summed E-state index contributed by atoms with van der Waals surface area (Å²) < 4.78 is 44.6. The smallest absolute Gasteiger partial charge is 0.407 e. The van der Waals surface area contributed by atoms with Gasteiger partial charge in [-0.15, -0.1) is 6.42 Å². The molecule has 5 saturated heterocycles. The predicted octanol–water partition coefficient (Wildman–Crippen LogP) is 6.09. The van der Waals surface area contributed by atoms with Gasteiger partial charge in [-0.05, 0) is 93.2 Å². The van der Waals surface area contributed by atoms with Crippen LogP contribution >= 0.6 is 0 Å². The van der Waals surface area contributed by atoms with Crippen LogP contribution in [0.25, 0.3) is 32.9 Å². The fourth-order valence-electron chi connectivity index (χ4n) is 12.0. The normalized spacial score (nSPS) is 23.2. The molecule has 0 radical (unpaired) electrons. The van der Waals surface area contributed by atoms with E-state index in [1.165, 1.54) is 30.5 Å². The van der Waals surface area contributed by atoms with Crippen molar-refractivity contribution in [3.63, 3.8) is 0 Å². The summed E-state index contributed by atoms with van der Waals surface area (Å²) in [4.78, 5) is 82.6. The second-order valence-electron chi connectivity index (χ2n) is 20.5. The predicted molar refractivity (Wildman–Crippen MR) is 273 cm³/mol. The van der Waals surface area contributed by atoms with Crippen molar-refractivity contribution >= 4 is 62.9 Å². The third-order valence-electron chi connectivity index (χ3n) is 15.6. The number of fused-ring (bicyclic) bond motifs is 6. The fraction of sp³-hybridized carbons (Fsp3) is 0.418. The zero-order chi connectivity index (χ0) is 52.1. The van der Waals surface area contributed by atoms with Gasteiger partial charge in [-0.2, -0.15) is 9.97 Å². The van der Waals surface area contributed by atoms with Crippen LogP contribution in [0.3, 0.4) is 0 Å². The Morgan fingerprint density at radius 2 is 1.73 bits per heavy atom. The second-order valence-corrected chi connectivity index (χ2v) is 20.5. The number of aromatic nitrogens is 3. The number of phenolic OH excluding ortho intramolecular Hbond substituents is 1. The van der Waals surface area contributed by atoms with E-state index in [2.05, 4.69) is 53.5 Å². The number of halogens is 2. The number of anilines is 2. The van der Waals surface area contributed by atoms with Crippen molar-refractivity contribution in [1.82, 2.24) is 40.7 Å². The number of phenols is 1. The average molecular weight is 1020 g/mol. The molecular formula is C55H56F2N10O8. The molecule has 8 heterocycles. The third-order valence-corrected chi connectivity index (χ3v) is 15.6. The van der Waals surface area contributed by atoms with Crippen LogP contribution in [0, 0.1) is 24.0 Å². The number of piperidine rings is 1. The maximum Gasteiger partial charge on any atom is 0.407 e. The molecule has 0 saturated carbocycles. The van der Waals surface area contributed by atoms with Crippen LogP contribution in [0.15, 0.2) is 60.8 Å². The second kappa shape index (κ2) is 20.2. The first-order valence-electron chi connectivity index (χ1n) is 25.6. The van der Waals surface area contributed by atoms with E-state index in [4.69, 9.17) is 20.9 Å². The van der Waals surface area contributed by atoms with Gasteiger partial charge in [-0.25, -0.2) is 13.6 Å². The number of carbonyl (C=O) groups is 5. The van der Waals surface area contributed by atoms with E-state index in [-0.39, 0.29) is 94.8 Å². The summed E-state index contributed by atoms with van der Waals surface area (Å²) in [5.74, 6) is -0.928. The summed E-state index contributed by atoms with van der Waals surface area (Å²) in [5.41, 5.74) is 1.48. The third kappa shape index (κ3) is 9.43. The molecule has 20 heteroatoms. The van der Waals surface area contributed by atoms with E-state index in [0.717, 1.165) is 61.8 Å². The van der Waals surface area contributed by atoms with Gasteiger partial charge < -0.3 is 35.4 Å². The van der Waals surface area contributed by atoms with E-state index in [1.807, 2.05) is 0 Å². The molecule has 2 aromatic heterocycles. The molecule has 75 heavy (non-hydrogen) atoms. The average Bonchev–Trinajstić information content (AvgIpc) is 4.11. The molecule has 5 fully saturated rings.